The zero-order chi connectivity index (χ0) is 24.5. The summed E-state index contributed by atoms with van der Waals surface area (Å²) in [5, 5.41) is 11.1. The first kappa shape index (κ1) is 26.2. The summed E-state index contributed by atoms with van der Waals surface area (Å²) in [4.78, 5) is 25.2. The fourth-order valence-corrected chi connectivity index (χ4v) is 3.22. The van der Waals surface area contributed by atoms with Gasteiger partial charge in [-0.05, 0) is 32.9 Å². The maximum Gasteiger partial charge on any atom is 0.258 e. The zero-order valence-electron chi connectivity index (χ0n) is 18.9. The second-order valence-corrected chi connectivity index (χ2v) is 7.31. The van der Waals surface area contributed by atoms with Crippen LogP contribution in [0.25, 0.3) is 0 Å². The van der Waals surface area contributed by atoms with Crippen molar-refractivity contribution in [3.05, 3.63) is 34.3 Å². The number of hydrogen-bond acceptors (Lipinski definition) is 8. The maximum atomic E-state index is 12.9. The smallest absolute Gasteiger partial charge is 0.258 e. The Hall–Kier alpha value is -3.04. The van der Waals surface area contributed by atoms with Crippen molar-refractivity contribution in [2.24, 2.45) is 10.2 Å². The van der Waals surface area contributed by atoms with E-state index in [1.54, 1.807) is 32.0 Å². The number of nitrogens with one attached hydrogen (secondary N) is 1. The molecule has 2 aromatic carbocycles. The minimum absolute atomic E-state index is 0.158. The van der Waals surface area contributed by atoms with Crippen molar-refractivity contribution in [1.29, 1.82) is 0 Å². The number of carbonyl (C=O) groups excluding carboxylic acids is 2. The molecule has 33 heavy (non-hydrogen) atoms. The van der Waals surface area contributed by atoms with Gasteiger partial charge >= 0.3 is 0 Å². The molecule has 11 heteroatoms. The molecule has 0 aromatic heterocycles. The molecule has 0 bridgehead atoms. The van der Waals surface area contributed by atoms with Gasteiger partial charge in [0.2, 0.25) is 6.04 Å². The molecule has 9 nitrogen and oxygen atoms in total. The molecular weight excluding hydrogens is 473 g/mol. The number of nitrogens with zero attached hydrogens (tertiary/aromatic N) is 2. The Bertz CT molecular complexity index is 1050. The summed E-state index contributed by atoms with van der Waals surface area (Å²) >= 11 is 12.5. The highest BCUT2D eigenvalue weighted by molar-refractivity contribution is 6.34. The number of anilines is 1. The number of carbonyl (C=O) groups is 2. The van der Waals surface area contributed by atoms with Crippen molar-refractivity contribution < 1.29 is 28.5 Å². The van der Waals surface area contributed by atoms with E-state index >= 15 is 0 Å². The van der Waals surface area contributed by atoms with Gasteiger partial charge in [-0.25, -0.2) is 0 Å². The molecule has 178 valence electrons. The highest BCUT2D eigenvalue weighted by Gasteiger charge is 2.26. The van der Waals surface area contributed by atoms with Crippen molar-refractivity contribution in [1.82, 2.24) is 0 Å². The minimum atomic E-state index is -1.48. The van der Waals surface area contributed by atoms with E-state index in [4.69, 9.17) is 42.1 Å². The summed E-state index contributed by atoms with van der Waals surface area (Å²) in [6, 6.07) is 4.77. The average Bonchev–Trinajstić information content (AvgIpc) is 2.78. The molecule has 0 heterocycles. The zero-order valence-corrected chi connectivity index (χ0v) is 20.4. The van der Waals surface area contributed by atoms with Gasteiger partial charge in [0.1, 0.15) is 17.2 Å². The SMILES string of the molecule is CCOc1ccc(Cl)c(OCC)c1N=NC(C(C)=O)C(=O)Nc1c(Cl)cc(OC)cc1OC. The summed E-state index contributed by atoms with van der Waals surface area (Å²) in [7, 11) is 2.88. The van der Waals surface area contributed by atoms with Crippen molar-refractivity contribution >= 4 is 46.3 Å². The maximum absolute atomic E-state index is 12.9. The second-order valence-electron chi connectivity index (χ2n) is 6.49. The standard InChI is InChI=1S/C22H25Cl2N3O6/c1-6-32-16-9-8-14(23)21(33-7-2)20(16)27-26-18(12(3)28)22(29)25-19-15(24)10-13(30-4)11-17(19)31-5/h8-11,18H,6-7H2,1-5H3,(H,25,29). The van der Waals surface area contributed by atoms with Crippen LogP contribution in [-0.4, -0.2) is 45.2 Å². The predicted octanol–water partition coefficient (Wildman–Crippen LogP) is 5.49. The molecule has 1 amide bonds. The topological polar surface area (TPSA) is 108 Å². The molecule has 0 spiro atoms. The van der Waals surface area contributed by atoms with Crippen LogP contribution in [0.1, 0.15) is 20.8 Å². The second kappa shape index (κ2) is 12.3. The van der Waals surface area contributed by atoms with Crippen LogP contribution >= 0.6 is 23.2 Å². The molecule has 1 N–H and O–H groups in total. The summed E-state index contributed by atoms with van der Waals surface area (Å²) in [5.74, 6) is -0.0370. The summed E-state index contributed by atoms with van der Waals surface area (Å²) < 4.78 is 21.6. The number of ketones is 1. The number of rotatable bonds is 11. The first-order chi connectivity index (χ1) is 15.8. The third-order valence-electron chi connectivity index (χ3n) is 4.27. The molecule has 0 aliphatic heterocycles. The van der Waals surface area contributed by atoms with Gasteiger partial charge < -0.3 is 24.3 Å². The van der Waals surface area contributed by atoms with Gasteiger partial charge in [-0.1, -0.05) is 23.2 Å². The van der Waals surface area contributed by atoms with E-state index in [1.165, 1.54) is 27.2 Å². The third kappa shape index (κ3) is 6.49. The lowest BCUT2D eigenvalue weighted by molar-refractivity contribution is -0.126. The van der Waals surface area contributed by atoms with Crippen molar-refractivity contribution in [2.45, 2.75) is 26.8 Å². The molecule has 0 fully saturated rings. The van der Waals surface area contributed by atoms with Gasteiger partial charge in [0.25, 0.3) is 5.91 Å². The number of ether oxygens (including phenoxy) is 4. The normalized spacial score (nSPS) is 11.7. The van der Waals surface area contributed by atoms with Gasteiger partial charge in [-0.2, -0.15) is 5.11 Å². The quantitative estimate of drug-likeness (QED) is 0.324. The summed E-state index contributed by atoms with van der Waals surface area (Å²) in [5.41, 5.74) is 0.337. The Morgan fingerprint density at radius 1 is 1.00 bits per heavy atom. The van der Waals surface area contributed by atoms with E-state index in [2.05, 4.69) is 15.5 Å². The molecule has 1 atom stereocenters. The van der Waals surface area contributed by atoms with Crippen LogP contribution in [0.2, 0.25) is 10.0 Å². The minimum Gasteiger partial charge on any atom is -0.497 e. The predicted molar refractivity (Wildman–Crippen MR) is 126 cm³/mol. The lowest BCUT2D eigenvalue weighted by atomic mass is 10.2. The van der Waals surface area contributed by atoms with Gasteiger partial charge in [0, 0.05) is 12.1 Å². The lowest BCUT2D eigenvalue weighted by Gasteiger charge is -2.16. The Kier molecular flexibility index (Phi) is 9.74. The highest BCUT2D eigenvalue weighted by Crippen LogP contribution is 2.43. The van der Waals surface area contributed by atoms with Crippen LogP contribution in [-0.2, 0) is 9.59 Å². The van der Waals surface area contributed by atoms with Crippen LogP contribution in [0, 0.1) is 0 Å². The monoisotopic (exact) mass is 497 g/mol. The first-order valence-corrected chi connectivity index (χ1v) is 10.7. The fourth-order valence-electron chi connectivity index (χ4n) is 2.76. The van der Waals surface area contributed by atoms with E-state index in [0.29, 0.717) is 24.7 Å². The number of benzene rings is 2. The highest BCUT2D eigenvalue weighted by atomic mass is 35.5. The van der Waals surface area contributed by atoms with Gasteiger partial charge in [-0.15, -0.1) is 5.11 Å². The van der Waals surface area contributed by atoms with Crippen LogP contribution in [0.3, 0.4) is 0 Å². The number of Topliss-reactive ketones (excluding diaryl/α,β-unsaturated/α-hetero) is 1. The molecule has 0 saturated carbocycles. The van der Waals surface area contributed by atoms with E-state index < -0.39 is 17.7 Å². The third-order valence-corrected chi connectivity index (χ3v) is 4.87. The first-order valence-electron chi connectivity index (χ1n) is 9.99. The van der Waals surface area contributed by atoms with Gasteiger partial charge in [0.05, 0.1) is 37.5 Å². The molecule has 2 aromatic rings. The van der Waals surface area contributed by atoms with Crippen molar-refractivity contribution in [3.63, 3.8) is 0 Å². The molecule has 0 aliphatic rings. The fraction of sp³-hybridized carbons (Fsp3) is 0.364. The van der Waals surface area contributed by atoms with Crippen molar-refractivity contribution in [2.75, 3.05) is 32.8 Å². The summed E-state index contributed by atoms with van der Waals surface area (Å²) in [6.45, 7) is 5.46. The number of halogens is 2. The largest absolute Gasteiger partial charge is 0.497 e. The Balaban J connectivity index is 2.43. The molecular formula is C22H25Cl2N3O6. The Labute approximate surface area is 202 Å². The average molecular weight is 498 g/mol. The molecule has 0 aliphatic carbocycles. The molecule has 0 saturated heterocycles. The van der Waals surface area contributed by atoms with Gasteiger partial charge in [0.15, 0.2) is 23.0 Å². The van der Waals surface area contributed by atoms with Gasteiger partial charge in [-0.3, -0.25) is 9.59 Å². The lowest BCUT2D eigenvalue weighted by Crippen LogP contribution is -2.32. The van der Waals surface area contributed by atoms with Crippen LogP contribution in [0.15, 0.2) is 34.5 Å². The van der Waals surface area contributed by atoms with Crippen LogP contribution in [0.4, 0.5) is 11.4 Å². The van der Waals surface area contributed by atoms with E-state index in [9.17, 15) is 9.59 Å². The number of azo groups is 1. The molecule has 2 rings (SSSR count). The van der Waals surface area contributed by atoms with E-state index in [1.807, 2.05) is 0 Å². The molecule has 0 radical (unpaired) electrons. The Morgan fingerprint density at radius 2 is 1.70 bits per heavy atom. The van der Waals surface area contributed by atoms with E-state index in [0.717, 1.165) is 0 Å². The van der Waals surface area contributed by atoms with Crippen LogP contribution in [0.5, 0.6) is 23.0 Å². The number of methoxy groups -OCH3 is 2. The Morgan fingerprint density at radius 3 is 2.27 bits per heavy atom. The molecule has 1 unspecified atom stereocenters. The van der Waals surface area contributed by atoms with Crippen LogP contribution < -0.4 is 24.3 Å². The van der Waals surface area contributed by atoms with E-state index in [-0.39, 0.29) is 32.9 Å². The number of hydrogen-bond donors (Lipinski definition) is 1. The summed E-state index contributed by atoms with van der Waals surface area (Å²) in [6.07, 6.45) is 0. The number of amides is 1. The van der Waals surface area contributed by atoms with Crippen molar-refractivity contribution in [3.8, 4) is 23.0 Å².